The number of aliphatic hydroxyl groups is 1. The molecule has 6 N–H and O–H groups in total. The molecule has 19 nitrogen and oxygen atoms in total. The Labute approximate surface area is 448 Å². The molecule has 2 aromatic heterocycles. The van der Waals surface area contributed by atoms with E-state index in [-0.39, 0.29) is 110 Å². The largest absolute Gasteiger partial charge is 1.00 e. The Hall–Kier alpha value is -4.73. The van der Waals surface area contributed by atoms with Crippen LogP contribution >= 0.6 is 0 Å². The summed E-state index contributed by atoms with van der Waals surface area (Å²) < 4.78 is 32.8. The van der Waals surface area contributed by atoms with Crippen LogP contribution < -0.4 is 50.8 Å². The molecule has 3 rings (SSSR count). The molecule has 0 aliphatic carbocycles. The van der Waals surface area contributed by atoms with E-state index in [1.54, 1.807) is 24.5 Å². The van der Waals surface area contributed by atoms with Crippen LogP contribution in [0, 0.1) is 23.7 Å². The fraction of sp³-hybridized carbons (Fsp3) is 0.608. The van der Waals surface area contributed by atoms with E-state index in [9.17, 15) is 46.8 Å². The Balaban J connectivity index is 0.0000178. The smallest absolute Gasteiger partial charge is 0.748 e. The predicted molar refractivity (Wildman–Crippen MR) is 269 cm³/mol. The summed E-state index contributed by atoms with van der Waals surface area (Å²) in [5.74, 6) is -4.32. The zero-order valence-corrected chi connectivity index (χ0v) is 46.6. The topological polar surface area (TPSA) is 276 Å². The molecule has 7 atom stereocenters. The number of aromatic amines is 1. The molecule has 394 valence electrons. The van der Waals surface area contributed by atoms with Crippen LogP contribution in [0.2, 0.25) is 0 Å². The second-order valence-electron chi connectivity index (χ2n) is 19.4. The van der Waals surface area contributed by atoms with Crippen molar-refractivity contribution in [2.24, 2.45) is 23.7 Å². The number of hydrogen-bond donors (Lipinski definition) is 6. The van der Waals surface area contributed by atoms with Gasteiger partial charge in [0.05, 0.1) is 46.6 Å². The number of aromatic nitrogens is 3. The molecule has 0 saturated carbocycles. The maximum atomic E-state index is 14.6. The Kier molecular flexibility index (Phi) is 28.6. The molecule has 0 aliphatic rings. The van der Waals surface area contributed by atoms with E-state index in [0.717, 1.165) is 5.56 Å². The Morgan fingerprint density at radius 2 is 1.49 bits per heavy atom. The van der Waals surface area contributed by atoms with Crippen molar-refractivity contribution < 1.29 is 76.4 Å². The maximum absolute atomic E-state index is 14.6. The normalized spacial score (nSPS) is 14.4. The third kappa shape index (κ3) is 23.0. The van der Waals surface area contributed by atoms with Crippen LogP contribution in [-0.4, -0.2) is 135 Å². The number of benzene rings is 1. The summed E-state index contributed by atoms with van der Waals surface area (Å²) in [5.41, 5.74) is 2.02. The third-order valence-corrected chi connectivity index (χ3v) is 13.4. The number of amides is 6. The number of hydrogen-bond acceptors (Lipinski definition) is 12. The number of aliphatic hydroxyl groups excluding tert-OH is 1. The van der Waals surface area contributed by atoms with Crippen molar-refractivity contribution in [2.75, 3.05) is 26.4 Å². The number of carbonyl (C=O) groups is 6. The van der Waals surface area contributed by atoms with Gasteiger partial charge in [-0.15, -0.1) is 0 Å². The summed E-state index contributed by atoms with van der Waals surface area (Å²) in [4.78, 5) is 96.5. The molecule has 0 bridgehead atoms. The SMILES string of the molecule is CCC(C)C(NC(=O)C(CC(O)C(CC(C)C)NC(=O)C(Cc1cnc[nH]1)N(C)C(=O)C(Cc1ccccc1)NC(=O)CCCCCCC(=O)N(C)CCS(=O)(=O)[O-])C(C)C)C(=O)NCc1ccccn1.[Na+]. The van der Waals surface area contributed by atoms with Crippen molar-refractivity contribution in [2.45, 2.75) is 149 Å². The summed E-state index contributed by atoms with van der Waals surface area (Å²) in [6.45, 7) is 11.5. The number of rotatable bonds is 32. The van der Waals surface area contributed by atoms with Crippen LogP contribution in [0.5, 0.6) is 0 Å². The van der Waals surface area contributed by atoms with Crippen LogP contribution in [0.15, 0.2) is 67.3 Å². The molecule has 21 heteroatoms. The van der Waals surface area contributed by atoms with Gasteiger partial charge < -0.3 is 45.7 Å². The monoisotopic (exact) mass is 1030 g/mol. The summed E-state index contributed by atoms with van der Waals surface area (Å²) in [7, 11) is -1.50. The number of pyridine rings is 1. The minimum absolute atomic E-state index is 0. The molecule has 2 heterocycles. The Morgan fingerprint density at radius 1 is 0.819 bits per heavy atom. The number of imidazole rings is 1. The van der Waals surface area contributed by atoms with Gasteiger partial charge in [-0.3, -0.25) is 33.8 Å². The molecule has 0 spiro atoms. The van der Waals surface area contributed by atoms with E-state index in [4.69, 9.17) is 0 Å². The molecular formula is C51H78N9NaO10S. The Bertz CT molecular complexity index is 2220. The van der Waals surface area contributed by atoms with Crippen LogP contribution in [0.1, 0.15) is 116 Å². The molecule has 0 saturated heterocycles. The van der Waals surface area contributed by atoms with Gasteiger partial charge in [0.15, 0.2) is 0 Å². The number of carbonyl (C=O) groups excluding carboxylic acids is 6. The summed E-state index contributed by atoms with van der Waals surface area (Å²) in [6.07, 6.45) is 7.01. The van der Waals surface area contributed by atoms with Gasteiger partial charge in [-0.2, -0.15) is 0 Å². The van der Waals surface area contributed by atoms with Gasteiger partial charge in [0.1, 0.15) is 18.1 Å². The second kappa shape index (κ2) is 32.5. The van der Waals surface area contributed by atoms with Gasteiger partial charge in [-0.25, -0.2) is 13.4 Å². The molecule has 1 aromatic carbocycles. The number of H-pyrrole nitrogens is 1. The molecule has 72 heavy (non-hydrogen) atoms. The summed E-state index contributed by atoms with van der Waals surface area (Å²) in [6, 6.07) is 10.7. The third-order valence-electron chi connectivity index (χ3n) is 12.8. The molecule has 0 radical (unpaired) electrons. The van der Waals surface area contributed by atoms with Gasteiger partial charge in [-0.05, 0) is 61.1 Å². The number of likely N-dealkylation sites (N-methyl/N-ethyl adjacent to an activating group) is 1. The van der Waals surface area contributed by atoms with Crippen molar-refractivity contribution in [3.8, 4) is 0 Å². The maximum Gasteiger partial charge on any atom is 1.00 e. The molecular weight excluding hydrogens is 954 g/mol. The van der Waals surface area contributed by atoms with Crippen molar-refractivity contribution >= 4 is 45.6 Å². The second-order valence-corrected chi connectivity index (χ2v) is 20.9. The quantitative estimate of drug-likeness (QED) is 0.0286. The first-order chi connectivity index (χ1) is 33.6. The molecule has 0 aliphatic heterocycles. The number of nitrogens with zero attached hydrogens (tertiary/aromatic N) is 4. The number of nitrogens with one attached hydrogen (secondary N) is 5. The van der Waals surface area contributed by atoms with Gasteiger partial charge >= 0.3 is 29.6 Å². The Morgan fingerprint density at radius 3 is 2.07 bits per heavy atom. The molecule has 6 amide bonds. The molecule has 0 fully saturated rings. The van der Waals surface area contributed by atoms with Crippen LogP contribution in [0.3, 0.4) is 0 Å². The van der Waals surface area contributed by atoms with Gasteiger partial charge in [0.25, 0.3) is 0 Å². The van der Waals surface area contributed by atoms with E-state index < -0.39 is 69.8 Å². The van der Waals surface area contributed by atoms with Crippen molar-refractivity contribution in [3.05, 3.63) is 84.2 Å². The van der Waals surface area contributed by atoms with Gasteiger partial charge in [-0.1, -0.05) is 97.2 Å². The van der Waals surface area contributed by atoms with Crippen LogP contribution in [-0.2, 0) is 58.3 Å². The summed E-state index contributed by atoms with van der Waals surface area (Å²) >= 11 is 0. The predicted octanol–water partition coefficient (Wildman–Crippen LogP) is 0.651. The van der Waals surface area contributed by atoms with Crippen molar-refractivity contribution in [1.82, 2.24) is 46.0 Å². The fourth-order valence-electron chi connectivity index (χ4n) is 8.16. The minimum atomic E-state index is -4.44. The first kappa shape index (κ1) is 63.4. The zero-order valence-electron chi connectivity index (χ0n) is 43.8. The fourth-order valence-corrected chi connectivity index (χ4v) is 8.66. The molecule has 7 unspecified atom stereocenters. The average Bonchev–Trinajstić information content (AvgIpc) is 3.86. The number of unbranched alkanes of at least 4 members (excludes halogenated alkanes) is 3. The van der Waals surface area contributed by atoms with Crippen molar-refractivity contribution in [3.63, 3.8) is 0 Å². The van der Waals surface area contributed by atoms with E-state index in [2.05, 4.69) is 36.2 Å². The van der Waals surface area contributed by atoms with Crippen LogP contribution in [0.25, 0.3) is 0 Å². The van der Waals surface area contributed by atoms with Crippen molar-refractivity contribution in [1.29, 1.82) is 0 Å². The van der Waals surface area contributed by atoms with E-state index in [0.29, 0.717) is 49.9 Å². The van der Waals surface area contributed by atoms with E-state index in [1.165, 1.54) is 30.2 Å². The van der Waals surface area contributed by atoms with Gasteiger partial charge in [0.2, 0.25) is 35.4 Å². The summed E-state index contributed by atoms with van der Waals surface area (Å²) in [5, 5.41) is 23.7. The van der Waals surface area contributed by atoms with E-state index in [1.807, 2.05) is 77.9 Å². The zero-order chi connectivity index (χ0) is 52.7. The molecule has 3 aromatic rings. The van der Waals surface area contributed by atoms with E-state index >= 15 is 0 Å². The minimum Gasteiger partial charge on any atom is -0.748 e. The average molecular weight is 1030 g/mol. The van der Waals surface area contributed by atoms with Gasteiger partial charge in [0, 0.05) is 70.3 Å². The van der Waals surface area contributed by atoms with Crippen LogP contribution in [0.4, 0.5) is 0 Å². The standard InChI is InChI=1S/C51H79N9O10S.Na/c1-9-36(6)47(50(66)54-32-38-21-17-18-24-53-38)58-48(64)40(35(4)5)30-44(61)41(27-34(2)3)57-49(65)43(29-39-31-52-33-55-39)60(8)51(67)42(28-37-19-13-12-14-20-37)56-45(62)22-15-10-11-16-23-46(63)59(7)25-26-71(68,69)70;/h12-14,17-21,24,31,33-36,40-44,47,61H,9-11,15-16,22-23,25-30,32H2,1-8H3,(H,52,55)(H,54,66)(H,56,62)(H,57,65)(H,58,64)(H,68,69,70);/q;+1/p-1. The first-order valence-corrected chi connectivity index (χ1v) is 26.4. The first-order valence-electron chi connectivity index (χ1n) is 24.8.